The Morgan fingerprint density at radius 3 is 2.64 bits per heavy atom. The van der Waals surface area contributed by atoms with E-state index < -0.39 is 0 Å². The first-order valence-electron chi connectivity index (χ1n) is 4.52. The van der Waals surface area contributed by atoms with Crippen LogP contribution in [0.2, 0.25) is 0 Å². The van der Waals surface area contributed by atoms with Crippen LogP contribution in [-0.2, 0) is 17.6 Å². The maximum atomic E-state index is 11.2. The summed E-state index contributed by atoms with van der Waals surface area (Å²) in [5, 5.41) is 0.431. The second kappa shape index (κ2) is 5.66. The normalized spacial score (nSPS) is 10.2. The van der Waals surface area contributed by atoms with Crippen LogP contribution in [0.4, 0.5) is 0 Å². The average Bonchev–Trinajstić information content (AvgIpc) is 2.18. The van der Waals surface area contributed by atoms with Crippen LogP contribution < -0.4 is 0 Å². The van der Waals surface area contributed by atoms with Gasteiger partial charge in [0.2, 0.25) is 0 Å². The number of carbonyl (C=O) groups is 1. The lowest BCUT2D eigenvalue weighted by Gasteiger charge is -2.04. The molecule has 76 valence electrons. The number of ketones is 1. The zero-order chi connectivity index (χ0) is 10.6. The highest BCUT2D eigenvalue weighted by Gasteiger charge is 2.04. The Labute approximate surface area is 101 Å². The van der Waals surface area contributed by atoms with Crippen LogP contribution in [0.3, 0.4) is 0 Å². The Kier molecular flexibility index (Phi) is 4.82. The molecule has 0 atom stereocenters. The molecule has 0 aliphatic heterocycles. The molecule has 0 bridgehead atoms. The van der Waals surface area contributed by atoms with Crippen molar-refractivity contribution in [3.63, 3.8) is 0 Å². The van der Waals surface area contributed by atoms with Crippen molar-refractivity contribution in [1.82, 2.24) is 0 Å². The summed E-state index contributed by atoms with van der Waals surface area (Å²) >= 11 is 6.65. The fourth-order valence-corrected chi connectivity index (χ4v) is 2.17. The molecule has 0 saturated carbocycles. The molecule has 0 spiro atoms. The Morgan fingerprint density at radius 2 is 2.14 bits per heavy atom. The maximum absolute atomic E-state index is 11.2. The van der Waals surface area contributed by atoms with Crippen molar-refractivity contribution in [3.05, 3.63) is 33.8 Å². The smallest absolute Gasteiger partial charge is 0.147 e. The summed E-state index contributed by atoms with van der Waals surface area (Å²) in [6.07, 6.45) is 1.51. The minimum absolute atomic E-state index is 0.209. The van der Waals surface area contributed by atoms with Gasteiger partial charge in [0.25, 0.3) is 0 Å². The van der Waals surface area contributed by atoms with Crippen LogP contribution in [0, 0.1) is 0 Å². The number of halogens is 2. The van der Waals surface area contributed by atoms with Gasteiger partial charge in [-0.15, -0.1) is 0 Å². The van der Waals surface area contributed by atoms with Gasteiger partial charge in [-0.05, 0) is 23.6 Å². The summed E-state index contributed by atoms with van der Waals surface area (Å²) in [6.45, 7) is 2.11. The van der Waals surface area contributed by atoms with Gasteiger partial charge in [-0.2, -0.15) is 0 Å². The fraction of sp³-hybridized carbons (Fsp3) is 0.364. The van der Waals surface area contributed by atoms with Crippen LogP contribution >= 0.6 is 31.9 Å². The molecule has 0 amide bonds. The van der Waals surface area contributed by atoms with Crippen molar-refractivity contribution in [2.45, 2.75) is 19.8 Å². The monoisotopic (exact) mass is 318 g/mol. The molecule has 1 nitrogen and oxygen atoms in total. The first-order chi connectivity index (χ1) is 6.67. The molecule has 0 heterocycles. The minimum atomic E-state index is 0.209. The summed E-state index contributed by atoms with van der Waals surface area (Å²) in [5.74, 6) is 0.209. The fourth-order valence-electron chi connectivity index (χ4n) is 1.26. The highest BCUT2D eigenvalue weighted by Crippen LogP contribution is 2.19. The standard InChI is InChI=1S/C11H12Br2O/c1-2-9-4-3-8(6-11(9)13)5-10(14)7-12/h3-4,6H,2,5,7H2,1H3. The van der Waals surface area contributed by atoms with Crippen LogP contribution in [0.25, 0.3) is 0 Å². The van der Waals surface area contributed by atoms with E-state index in [9.17, 15) is 4.79 Å². The molecular formula is C11H12Br2O. The van der Waals surface area contributed by atoms with E-state index in [0.29, 0.717) is 11.8 Å². The topological polar surface area (TPSA) is 17.1 Å². The molecule has 0 saturated heterocycles. The van der Waals surface area contributed by atoms with Crippen LogP contribution in [-0.4, -0.2) is 11.1 Å². The van der Waals surface area contributed by atoms with E-state index in [0.717, 1.165) is 16.5 Å². The third-order valence-electron chi connectivity index (χ3n) is 2.05. The highest BCUT2D eigenvalue weighted by atomic mass is 79.9. The molecule has 1 aromatic carbocycles. The molecule has 0 aliphatic carbocycles. The van der Waals surface area contributed by atoms with E-state index in [4.69, 9.17) is 0 Å². The second-order valence-electron chi connectivity index (χ2n) is 3.13. The van der Waals surface area contributed by atoms with E-state index in [-0.39, 0.29) is 5.78 Å². The Hall–Kier alpha value is -0.150. The highest BCUT2D eigenvalue weighted by molar-refractivity contribution is 9.10. The first-order valence-corrected chi connectivity index (χ1v) is 6.43. The van der Waals surface area contributed by atoms with Crippen molar-refractivity contribution in [2.24, 2.45) is 0 Å². The summed E-state index contributed by atoms with van der Waals surface area (Å²) in [7, 11) is 0. The van der Waals surface area contributed by atoms with Gasteiger partial charge in [0.1, 0.15) is 5.78 Å². The number of aryl methyl sites for hydroxylation is 1. The number of hydrogen-bond donors (Lipinski definition) is 0. The van der Waals surface area contributed by atoms with Crippen molar-refractivity contribution >= 4 is 37.6 Å². The number of benzene rings is 1. The number of hydrogen-bond acceptors (Lipinski definition) is 1. The van der Waals surface area contributed by atoms with E-state index >= 15 is 0 Å². The maximum Gasteiger partial charge on any atom is 0.147 e. The summed E-state index contributed by atoms with van der Waals surface area (Å²) in [6, 6.07) is 6.12. The SMILES string of the molecule is CCc1ccc(CC(=O)CBr)cc1Br. The van der Waals surface area contributed by atoms with Crippen molar-refractivity contribution < 1.29 is 4.79 Å². The molecule has 0 radical (unpaired) electrons. The Balaban J connectivity index is 2.81. The Bertz CT molecular complexity index is 334. The second-order valence-corrected chi connectivity index (χ2v) is 4.54. The zero-order valence-corrected chi connectivity index (χ0v) is 11.2. The number of rotatable bonds is 4. The van der Waals surface area contributed by atoms with Gasteiger partial charge < -0.3 is 0 Å². The van der Waals surface area contributed by atoms with E-state index in [2.05, 4.69) is 44.8 Å². The molecule has 1 aromatic rings. The molecule has 0 aliphatic rings. The molecule has 0 N–H and O–H groups in total. The van der Waals surface area contributed by atoms with Gasteiger partial charge in [0.05, 0.1) is 5.33 Å². The minimum Gasteiger partial charge on any atom is -0.298 e. The lowest BCUT2D eigenvalue weighted by atomic mass is 10.1. The average molecular weight is 320 g/mol. The third-order valence-corrected chi connectivity index (χ3v) is 3.41. The first kappa shape index (κ1) is 11.9. The third kappa shape index (κ3) is 3.21. The van der Waals surface area contributed by atoms with E-state index in [1.165, 1.54) is 5.56 Å². The van der Waals surface area contributed by atoms with Crippen LogP contribution in [0.15, 0.2) is 22.7 Å². The number of carbonyl (C=O) groups excluding carboxylic acids is 1. The summed E-state index contributed by atoms with van der Waals surface area (Å²) in [4.78, 5) is 11.2. The van der Waals surface area contributed by atoms with Gasteiger partial charge in [-0.25, -0.2) is 0 Å². The zero-order valence-electron chi connectivity index (χ0n) is 8.02. The molecule has 14 heavy (non-hydrogen) atoms. The molecule has 3 heteroatoms. The lowest BCUT2D eigenvalue weighted by molar-refractivity contribution is -0.115. The van der Waals surface area contributed by atoms with Crippen molar-refractivity contribution in [3.8, 4) is 0 Å². The van der Waals surface area contributed by atoms with Crippen LogP contribution in [0.5, 0.6) is 0 Å². The number of Topliss-reactive ketones (excluding diaryl/α,β-unsaturated/α-hetero) is 1. The summed E-state index contributed by atoms with van der Waals surface area (Å²) in [5.41, 5.74) is 2.35. The Morgan fingerprint density at radius 1 is 1.43 bits per heavy atom. The molecule has 0 aromatic heterocycles. The van der Waals surface area contributed by atoms with Gasteiger partial charge in [-0.3, -0.25) is 4.79 Å². The van der Waals surface area contributed by atoms with Gasteiger partial charge in [-0.1, -0.05) is 50.9 Å². The van der Waals surface area contributed by atoms with Gasteiger partial charge in [0, 0.05) is 10.9 Å². The van der Waals surface area contributed by atoms with Crippen LogP contribution in [0.1, 0.15) is 18.1 Å². The molecule has 1 rings (SSSR count). The van der Waals surface area contributed by atoms with Gasteiger partial charge in [0.15, 0.2) is 0 Å². The predicted molar refractivity (Wildman–Crippen MR) is 66.0 cm³/mol. The van der Waals surface area contributed by atoms with E-state index in [1.807, 2.05) is 12.1 Å². The van der Waals surface area contributed by atoms with E-state index in [1.54, 1.807) is 0 Å². The van der Waals surface area contributed by atoms with Crippen molar-refractivity contribution in [1.29, 1.82) is 0 Å². The molecule has 0 unspecified atom stereocenters. The summed E-state index contributed by atoms with van der Waals surface area (Å²) < 4.78 is 1.10. The predicted octanol–water partition coefficient (Wildman–Crippen LogP) is 3.52. The largest absolute Gasteiger partial charge is 0.298 e. The van der Waals surface area contributed by atoms with Crippen molar-refractivity contribution in [2.75, 3.05) is 5.33 Å². The van der Waals surface area contributed by atoms with Gasteiger partial charge >= 0.3 is 0 Å². The quantitative estimate of drug-likeness (QED) is 0.776. The number of alkyl halides is 1. The lowest BCUT2D eigenvalue weighted by Crippen LogP contribution is -2.03. The molecular weight excluding hydrogens is 308 g/mol. The molecule has 0 fully saturated rings.